The maximum atomic E-state index is 11.8. The van der Waals surface area contributed by atoms with Crippen molar-refractivity contribution in [2.24, 2.45) is 5.10 Å². The van der Waals surface area contributed by atoms with E-state index in [9.17, 15) is 9.90 Å². The van der Waals surface area contributed by atoms with Crippen LogP contribution in [0.2, 0.25) is 5.02 Å². The zero-order chi connectivity index (χ0) is 18.6. The third-order valence-corrected chi connectivity index (χ3v) is 5.36. The van der Waals surface area contributed by atoms with Gasteiger partial charge in [0.05, 0.1) is 15.2 Å². The molecule has 2 aromatic rings. The van der Waals surface area contributed by atoms with Gasteiger partial charge < -0.3 is 9.84 Å². The number of benzene rings is 2. The van der Waals surface area contributed by atoms with Crippen molar-refractivity contribution >= 4 is 71.5 Å². The van der Waals surface area contributed by atoms with Gasteiger partial charge in [-0.25, -0.2) is 5.43 Å². The molecule has 0 saturated carbocycles. The van der Waals surface area contributed by atoms with Gasteiger partial charge in [-0.2, -0.15) is 5.10 Å². The maximum absolute atomic E-state index is 11.8. The minimum atomic E-state index is -0.417. The van der Waals surface area contributed by atoms with Gasteiger partial charge in [0.15, 0.2) is 6.61 Å². The molecule has 0 aliphatic carbocycles. The molecule has 0 aliphatic heterocycles. The SMILES string of the molecule is Cc1cc(Cl)ccc1OCC(=O)NN=Cc1c(Br)cc(Br)c(O)c1Br. The summed E-state index contributed by atoms with van der Waals surface area (Å²) in [6, 6.07) is 6.82. The summed E-state index contributed by atoms with van der Waals surface area (Å²) in [7, 11) is 0. The fourth-order valence-electron chi connectivity index (χ4n) is 1.83. The van der Waals surface area contributed by atoms with Crippen LogP contribution in [-0.4, -0.2) is 23.8 Å². The van der Waals surface area contributed by atoms with E-state index in [0.717, 1.165) is 5.56 Å². The molecule has 132 valence electrons. The molecule has 0 aromatic heterocycles. The summed E-state index contributed by atoms with van der Waals surface area (Å²) in [6.45, 7) is 1.65. The zero-order valence-electron chi connectivity index (χ0n) is 12.8. The summed E-state index contributed by atoms with van der Waals surface area (Å²) in [5, 5.41) is 14.4. The van der Waals surface area contributed by atoms with Crippen molar-refractivity contribution in [2.45, 2.75) is 6.92 Å². The standard InChI is InChI=1S/C16H12Br3ClN2O3/c1-8-4-9(20)2-3-13(8)25-7-14(23)22-21-6-10-11(17)5-12(18)16(24)15(10)19/h2-6,24H,7H2,1H3,(H,22,23). The number of phenols is 1. The minimum absolute atomic E-state index is 0.0394. The van der Waals surface area contributed by atoms with Gasteiger partial charge in [0.25, 0.3) is 5.91 Å². The van der Waals surface area contributed by atoms with Crippen molar-refractivity contribution in [3.63, 3.8) is 0 Å². The molecule has 25 heavy (non-hydrogen) atoms. The van der Waals surface area contributed by atoms with E-state index in [1.165, 1.54) is 6.21 Å². The van der Waals surface area contributed by atoms with E-state index in [4.69, 9.17) is 16.3 Å². The van der Waals surface area contributed by atoms with Crippen LogP contribution in [0.3, 0.4) is 0 Å². The second-order valence-corrected chi connectivity index (χ2v) is 7.85. The van der Waals surface area contributed by atoms with E-state index < -0.39 is 5.91 Å². The van der Waals surface area contributed by atoms with E-state index in [1.54, 1.807) is 24.3 Å². The van der Waals surface area contributed by atoms with Gasteiger partial charge in [-0.15, -0.1) is 0 Å². The molecule has 2 aromatic carbocycles. The lowest BCUT2D eigenvalue weighted by atomic mass is 10.2. The highest BCUT2D eigenvalue weighted by Crippen LogP contribution is 2.38. The van der Waals surface area contributed by atoms with Crippen LogP contribution in [0.25, 0.3) is 0 Å². The molecule has 0 heterocycles. The Morgan fingerprint density at radius 1 is 1.32 bits per heavy atom. The third kappa shape index (κ3) is 5.44. The van der Waals surface area contributed by atoms with Crippen LogP contribution in [-0.2, 0) is 4.79 Å². The number of amides is 1. The van der Waals surface area contributed by atoms with Gasteiger partial charge in [0, 0.05) is 15.1 Å². The van der Waals surface area contributed by atoms with E-state index in [2.05, 4.69) is 58.3 Å². The van der Waals surface area contributed by atoms with Gasteiger partial charge in [0.1, 0.15) is 11.5 Å². The van der Waals surface area contributed by atoms with Gasteiger partial charge in [-0.3, -0.25) is 4.79 Å². The summed E-state index contributed by atoms with van der Waals surface area (Å²) >= 11 is 15.7. The summed E-state index contributed by atoms with van der Waals surface area (Å²) in [6.07, 6.45) is 1.41. The average Bonchev–Trinajstić information content (AvgIpc) is 2.55. The number of hydrogen-bond donors (Lipinski definition) is 2. The van der Waals surface area contributed by atoms with Crippen molar-refractivity contribution in [1.82, 2.24) is 5.43 Å². The van der Waals surface area contributed by atoms with Crippen LogP contribution in [0.4, 0.5) is 0 Å². The lowest BCUT2D eigenvalue weighted by Gasteiger charge is -2.08. The fourth-order valence-corrected chi connectivity index (χ4v) is 4.38. The summed E-state index contributed by atoms with van der Waals surface area (Å²) in [5.74, 6) is 0.198. The minimum Gasteiger partial charge on any atom is -0.506 e. The number of aromatic hydroxyl groups is 1. The quantitative estimate of drug-likeness (QED) is 0.395. The summed E-state index contributed by atoms with van der Waals surface area (Å²) in [5.41, 5.74) is 3.78. The Morgan fingerprint density at radius 3 is 2.72 bits per heavy atom. The molecule has 1 amide bonds. The first kappa shape index (κ1) is 20.2. The highest BCUT2D eigenvalue weighted by molar-refractivity contribution is 9.11. The van der Waals surface area contributed by atoms with Crippen molar-refractivity contribution in [1.29, 1.82) is 0 Å². The first-order valence-corrected chi connectivity index (χ1v) is 9.62. The van der Waals surface area contributed by atoms with E-state index in [1.807, 2.05) is 6.92 Å². The molecule has 0 bridgehead atoms. The number of rotatable bonds is 5. The fraction of sp³-hybridized carbons (Fsp3) is 0.125. The highest BCUT2D eigenvalue weighted by Gasteiger charge is 2.12. The zero-order valence-corrected chi connectivity index (χ0v) is 18.3. The number of nitrogens with one attached hydrogen (secondary N) is 1. The second-order valence-electron chi connectivity index (χ2n) is 4.91. The number of halogens is 4. The molecule has 0 radical (unpaired) electrons. The summed E-state index contributed by atoms with van der Waals surface area (Å²) < 4.78 is 7.09. The van der Waals surface area contributed by atoms with Crippen molar-refractivity contribution < 1.29 is 14.6 Å². The molecule has 0 aliphatic rings. The van der Waals surface area contributed by atoms with Gasteiger partial charge >= 0.3 is 0 Å². The Labute approximate surface area is 174 Å². The Balaban J connectivity index is 1.96. The molecule has 9 heteroatoms. The lowest BCUT2D eigenvalue weighted by Crippen LogP contribution is -2.24. The first-order valence-electron chi connectivity index (χ1n) is 6.87. The largest absolute Gasteiger partial charge is 0.506 e. The van der Waals surface area contributed by atoms with Crippen LogP contribution >= 0.6 is 59.4 Å². The molecule has 0 saturated heterocycles. The number of hydrogen-bond acceptors (Lipinski definition) is 4. The molecule has 0 spiro atoms. The molecule has 0 unspecified atom stereocenters. The van der Waals surface area contributed by atoms with E-state index in [0.29, 0.717) is 29.8 Å². The number of phenolic OH excluding ortho intramolecular Hbond substituents is 1. The number of carbonyl (C=O) groups excluding carboxylic acids is 1. The van der Waals surface area contributed by atoms with Crippen molar-refractivity contribution in [3.8, 4) is 11.5 Å². The monoisotopic (exact) mass is 552 g/mol. The topological polar surface area (TPSA) is 70.9 Å². The Kier molecular flexibility index (Phi) is 7.30. The predicted molar refractivity (Wildman–Crippen MR) is 109 cm³/mol. The average molecular weight is 555 g/mol. The highest BCUT2D eigenvalue weighted by atomic mass is 79.9. The first-order chi connectivity index (χ1) is 11.8. The van der Waals surface area contributed by atoms with Crippen LogP contribution < -0.4 is 10.2 Å². The number of ether oxygens (including phenoxy) is 1. The molecule has 5 nitrogen and oxygen atoms in total. The Hall–Kier alpha value is -1.09. The van der Waals surface area contributed by atoms with Crippen LogP contribution in [0, 0.1) is 6.92 Å². The second kappa shape index (κ2) is 9.02. The normalized spacial score (nSPS) is 10.9. The van der Waals surface area contributed by atoms with Crippen LogP contribution in [0.5, 0.6) is 11.5 Å². The predicted octanol–water partition coefficient (Wildman–Crippen LogP) is 5.17. The number of carbonyl (C=O) groups is 1. The van der Waals surface area contributed by atoms with Crippen molar-refractivity contribution in [3.05, 3.63) is 53.8 Å². The lowest BCUT2D eigenvalue weighted by molar-refractivity contribution is -0.123. The van der Waals surface area contributed by atoms with E-state index >= 15 is 0 Å². The smallest absolute Gasteiger partial charge is 0.277 e. The third-order valence-electron chi connectivity index (χ3n) is 3.06. The summed E-state index contributed by atoms with van der Waals surface area (Å²) in [4.78, 5) is 11.8. The maximum Gasteiger partial charge on any atom is 0.277 e. The molecule has 0 atom stereocenters. The van der Waals surface area contributed by atoms with Crippen molar-refractivity contribution in [2.75, 3.05) is 6.61 Å². The van der Waals surface area contributed by atoms with Crippen LogP contribution in [0.15, 0.2) is 42.8 Å². The molecular weight excluding hydrogens is 543 g/mol. The molecule has 0 fully saturated rings. The van der Waals surface area contributed by atoms with Gasteiger partial charge in [0.2, 0.25) is 0 Å². The van der Waals surface area contributed by atoms with Gasteiger partial charge in [-0.05, 0) is 68.6 Å². The Morgan fingerprint density at radius 2 is 2.04 bits per heavy atom. The molecule has 2 N–H and O–H groups in total. The molecular formula is C16H12Br3ClN2O3. The Bertz CT molecular complexity index is 844. The number of nitrogens with zero attached hydrogens (tertiary/aromatic N) is 1. The van der Waals surface area contributed by atoms with Crippen LogP contribution in [0.1, 0.15) is 11.1 Å². The molecule has 2 rings (SSSR count). The van der Waals surface area contributed by atoms with E-state index in [-0.39, 0.29) is 12.4 Å². The van der Waals surface area contributed by atoms with Gasteiger partial charge in [-0.1, -0.05) is 27.5 Å². The number of aryl methyl sites for hydroxylation is 1. The number of hydrazone groups is 1.